The third kappa shape index (κ3) is 3.16. The van der Waals surface area contributed by atoms with E-state index in [0.717, 1.165) is 24.8 Å². The van der Waals surface area contributed by atoms with E-state index in [2.05, 4.69) is 5.10 Å². The minimum atomic E-state index is -0.665. The number of aromatic nitrogens is 2. The lowest BCUT2D eigenvalue weighted by Crippen LogP contribution is -2.52. The fourth-order valence-electron chi connectivity index (χ4n) is 5.80. The van der Waals surface area contributed by atoms with Gasteiger partial charge in [0.15, 0.2) is 11.9 Å². The molecular weight excluding hydrogens is 316 g/mol. The molecule has 4 saturated carbocycles. The fourth-order valence-corrected chi connectivity index (χ4v) is 5.80. The van der Waals surface area contributed by atoms with Crippen LogP contribution in [0.4, 0.5) is 0 Å². The summed E-state index contributed by atoms with van der Waals surface area (Å²) in [5.41, 5.74) is 0.612. The van der Waals surface area contributed by atoms with E-state index in [9.17, 15) is 9.59 Å². The van der Waals surface area contributed by atoms with Gasteiger partial charge in [-0.1, -0.05) is 0 Å². The van der Waals surface area contributed by atoms with Gasteiger partial charge in [0.1, 0.15) is 0 Å². The molecular formula is C20H26N2O3. The van der Waals surface area contributed by atoms with Crippen molar-refractivity contribution in [2.75, 3.05) is 0 Å². The molecule has 1 aromatic heterocycles. The molecule has 1 aromatic rings. The highest BCUT2D eigenvalue weighted by Gasteiger charge is 2.55. The number of aryl methyl sites for hydroxylation is 1. The van der Waals surface area contributed by atoms with Gasteiger partial charge in [-0.05, 0) is 69.3 Å². The van der Waals surface area contributed by atoms with Crippen molar-refractivity contribution in [1.82, 2.24) is 9.78 Å². The molecule has 4 bridgehead atoms. The van der Waals surface area contributed by atoms with Crippen molar-refractivity contribution in [1.29, 1.82) is 0 Å². The standard InChI is InChI=1S/C20H26N2O3/c1-13(25-18(23)4-3-14-11-21-22(2)12-14)19(24)20-8-15-5-16(9-20)7-17(6-15)10-20/h3-4,11-13,15-17H,5-10H2,1-2H3/b4-3+. The van der Waals surface area contributed by atoms with Crippen LogP contribution in [0.3, 0.4) is 0 Å². The van der Waals surface area contributed by atoms with Crippen LogP contribution in [0.5, 0.6) is 0 Å². The molecule has 0 amide bonds. The molecule has 5 rings (SSSR count). The Balaban J connectivity index is 1.39. The first kappa shape index (κ1) is 16.6. The van der Waals surface area contributed by atoms with Crippen LogP contribution < -0.4 is 0 Å². The molecule has 4 fully saturated rings. The van der Waals surface area contributed by atoms with E-state index < -0.39 is 12.1 Å². The number of Topliss-reactive ketones (excluding diaryl/α,β-unsaturated/α-hetero) is 1. The Morgan fingerprint density at radius 2 is 1.84 bits per heavy atom. The van der Waals surface area contributed by atoms with Crippen molar-refractivity contribution < 1.29 is 14.3 Å². The fraction of sp³-hybridized carbons (Fsp3) is 0.650. The summed E-state index contributed by atoms with van der Waals surface area (Å²) in [6.07, 6.45) is 12.8. The maximum atomic E-state index is 13.1. The average molecular weight is 342 g/mol. The van der Waals surface area contributed by atoms with Gasteiger partial charge in [0, 0.05) is 30.3 Å². The number of carbonyl (C=O) groups is 2. The van der Waals surface area contributed by atoms with E-state index >= 15 is 0 Å². The Morgan fingerprint density at radius 1 is 1.24 bits per heavy atom. The summed E-state index contributed by atoms with van der Waals surface area (Å²) in [7, 11) is 1.82. The maximum Gasteiger partial charge on any atom is 0.331 e. The Kier molecular flexibility index (Phi) is 4.05. The number of hydrogen-bond acceptors (Lipinski definition) is 4. The molecule has 0 aromatic carbocycles. The van der Waals surface area contributed by atoms with E-state index in [1.807, 2.05) is 13.2 Å². The summed E-state index contributed by atoms with van der Waals surface area (Å²) in [5, 5.41) is 4.05. The van der Waals surface area contributed by atoms with Crippen LogP contribution in [0.2, 0.25) is 0 Å². The van der Waals surface area contributed by atoms with Gasteiger partial charge in [-0.3, -0.25) is 9.48 Å². The second kappa shape index (κ2) is 6.11. The Bertz CT molecular complexity index is 683. The van der Waals surface area contributed by atoms with Crippen molar-refractivity contribution >= 4 is 17.8 Å². The van der Waals surface area contributed by atoms with Gasteiger partial charge >= 0.3 is 5.97 Å². The zero-order chi connectivity index (χ0) is 17.6. The van der Waals surface area contributed by atoms with E-state index in [-0.39, 0.29) is 11.2 Å². The van der Waals surface area contributed by atoms with E-state index in [0.29, 0.717) is 17.8 Å². The van der Waals surface area contributed by atoms with Gasteiger partial charge in [0.2, 0.25) is 0 Å². The smallest absolute Gasteiger partial charge is 0.331 e. The highest BCUT2D eigenvalue weighted by molar-refractivity contribution is 5.93. The van der Waals surface area contributed by atoms with Crippen LogP contribution in [0, 0.1) is 23.2 Å². The molecule has 25 heavy (non-hydrogen) atoms. The number of ketones is 1. The molecule has 4 aliphatic carbocycles. The minimum absolute atomic E-state index is 0.148. The predicted octanol–water partition coefficient (Wildman–Crippen LogP) is 3.15. The normalized spacial score (nSPS) is 34.4. The number of nitrogens with zero attached hydrogens (tertiary/aromatic N) is 2. The van der Waals surface area contributed by atoms with Crippen LogP contribution in [0.15, 0.2) is 18.5 Å². The SMILES string of the molecule is CC(OC(=O)/C=C/c1cnn(C)c1)C(=O)C12CC3CC(CC(C3)C1)C2. The first-order valence-electron chi connectivity index (χ1n) is 9.35. The number of esters is 1. The van der Waals surface area contributed by atoms with Crippen molar-refractivity contribution in [2.45, 2.75) is 51.6 Å². The number of hydrogen-bond donors (Lipinski definition) is 0. The third-order valence-electron chi connectivity index (χ3n) is 6.36. The molecule has 1 unspecified atom stereocenters. The van der Waals surface area contributed by atoms with Crippen LogP contribution in [-0.4, -0.2) is 27.6 Å². The average Bonchev–Trinajstić information content (AvgIpc) is 2.96. The lowest BCUT2D eigenvalue weighted by molar-refractivity contribution is -0.162. The van der Waals surface area contributed by atoms with Crippen LogP contribution >= 0.6 is 0 Å². The van der Waals surface area contributed by atoms with Crippen LogP contribution in [0.1, 0.15) is 51.0 Å². The molecule has 0 spiro atoms. The topological polar surface area (TPSA) is 61.2 Å². The number of carbonyl (C=O) groups excluding carboxylic acids is 2. The molecule has 1 heterocycles. The molecule has 4 aliphatic rings. The third-order valence-corrected chi connectivity index (χ3v) is 6.36. The van der Waals surface area contributed by atoms with Gasteiger partial charge in [-0.25, -0.2) is 4.79 Å². The quantitative estimate of drug-likeness (QED) is 0.609. The first-order valence-corrected chi connectivity index (χ1v) is 9.35. The molecule has 134 valence electrons. The Hall–Kier alpha value is -1.91. The molecule has 0 radical (unpaired) electrons. The lowest BCUT2D eigenvalue weighted by atomic mass is 9.48. The molecule has 5 heteroatoms. The van der Waals surface area contributed by atoms with Crippen molar-refractivity contribution in [3.05, 3.63) is 24.0 Å². The molecule has 5 nitrogen and oxygen atoms in total. The number of rotatable bonds is 5. The summed E-state index contributed by atoms with van der Waals surface area (Å²) in [6.45, 7) is 1.73. The van der Waals surface area contributed by atoms with Crippen molar-refractivity contribution in [3.8, 4) is 0 Å². The van der Waals surface area contributed by atoms with Gasteiger partial charge < -0.3 is 4.74 Å². The molecule has 0 saturated heterocycles. The maximum absolute atomic E-state index is 13.1. The van der Waals surface area contributed by atoms with Crippen LogP contribution in [-0.2, 0) is 21.4 Å². The summed E-state index contributed by atoms with van der Waals surface area (Å²) >= 11 is 0. The predicted molar refractivity (Wildman–Crippen MR) is 93.4 cm³/mol. The Labute approximate surface area is 148 Å². The first-order chi connectivity index (χ1) is 11.9. The van der Waals surface area contributed by atoms with E-state index in [4.69, 9.17) is 4.74 Å². The summed E-state index contributed by atoms with van der Waals surface area (Å²) in [5.74, 6) is 1.82. The second-order valence-corrected chi connectivity index (χ2v) is 8.42. The van der Waals surface area contributed by atoms with E-state index in [1.54, 1.807) is 23.9 Å². The van der Waals surface area contributed by atoms with Gasteiger partial charge in [-0.15, -0.1) is 0 Å². The summed E-state index contributed by atoms with van der Waals surface area (Å²) in [6, 6.07) is 0. The largest absolute Gasteiger partial charge is 0.451 e. The van der Waals surface area contributed by atoms with E-state index in [1.165, 1.54) is 25.3 Å². The zero-order valence-corrected chi connectivity index (χ0v) is 15.0. The van der Waals surface area contributed by atoms with Gasteiger partial charge in [-0.2, -0.15) is 5.10 Å². The van der Waals surface area contributed by atoms with Gasteiger partial charge in [0.25, 0.3) is 0 Å². The molecule has 0 N–H and O–H groups in total. The second-order valence-electron chi connectivity index (χ2n) is 8.42. The van der Waals surface area contributed by atoms with Crippen LogP contribution in [0.25, 0.3) is 6.08 Å². The summed E-state index contributed by atoms with van der Waals surface area (Å²) < 4.78 is 7.10. The molecule has 0 aliphatic heterocycles. The number of ether oxygens (including phenoxy) is 1. The lowest BCUT2D eigenvalue weighted by Gasteiger charge is -2.56. The molecule has 1 atom stereocenters. The highest BCUT2D eigenvalue weighted by Crippen LogP contribution is 2.60. The summed E-state index contributed by atoms with van der Waals surface area (Å²) in [4.78, 5) is 25.2. The minimum Gasteiger partial charge on any atom is -0.451 e. The zero-order valence-electron chi connectivity index (χ0n) is 15.0. The van der Waals surface area contributed by atoms with Gasteiger partial charge in [0.05, 0.1) is 6.20 Å². The van der Waals surface area contributed by atoms with Crippen molar-refractivity contribution in [2.24, 2.45) is 30.2 Å². The highest BCUT2D eigenvalue weighted by atomic mass is 16.5. The Morgan fingerprint density at radius 3 is 2.36 bits per heavy atom. The van der Waals surface area contributed by atoms with Crippen molar-refractivity contribution in [3.63, 3.8) is 0 Å². The monoisotopic (exact) mass is 342 g/mol.